The lowest BCUT2D eigenvalue weighted by Crippen LogP contribution is -2.20. The molecule has 0 heterocycles. The first-order valence-electron chi connectivity index (χ1n) is 6.83. The lowest BCUT2D eigenvalue weighted by molar-refractivity contribution is -0.385. The summed E-state index contributed by atoms with van der Waals surface area (Å²) in [6.07, 6.45) is 0.812. The molecule has 0 spiro atoms. The molecule has 0 aliphatic carbocycles. The molecule has 0 bridgehead atoms. The van der Waals surface area contributed by atoms with Crippen LogP contribution in [0.1, 0.15) is 30.5 Å². The van der Waals surface area contributed by atoms with E-state index in [-0.39, 0.29) is 22.5 Å². The van der Waals surface area contributed by atoms with Crippen molar-refractivity contribution in [2.75, 3.05) is 0 Å². The first-order chi connectivity index (χ1) is 10.1. The van der Waals surface area contributed by atoms with E-state index in [1.807, 2.05) is 6.92 Å². The van der Waals surface area contributed by atoms with E-state index >= 15 is 0 Å². The Morgan fingerprint density at radius 1 is 1.19 bits per heavy atom. The smallest absolute Gasteiger partial charge is 0.273 e. The molecular formula is C16H17FN2O2. The Labute approximate surface area is 122 Å². The average molecular weight is 288 g/mol. The first kappa shape index (κ1) is 15.1. The fourth-order valence-corrected chi connectivity index (χ4v) is 2.26. The molecule has 0 aliphatic rings. The minimum Gasteiger partial charge on any atom is -0.306 e. The molecule has 4 nitrogen and oxygen atoms in total. The summed E-state index contributed by atoms with van der Waals surface area (Å²) in [5.41, 5.74) is 1.72. The summed E-state index contributed by atoms with van der Waals surface area (Å²) in [7, 11) is 0. The second kappa shape index (κ2) is 6.95. The molecule has 2 aromatic rings. The summed E-state index contributed by atoms with van der Waals surface area (Å²) < 4.78 is 13.0. The normalized spacial score (nSPS) is 12.1. The van der Waals surface area contributed by atoms with Gasteiger partial charge in [0.2, 0.25) is 0 Å². The minimum absolute atomic E-state index is 0.0328. The predicted octanol–water partition coefficient (Wildman–Crippen LogP) is 3.97. The van der Waals surface area contributed by atoms with E-state index < -0.39 is 0 Å². The van der Waals surface area contributed by atoms with E-state index in [0.717, 1.165) is 12.0 Å². The molecule has 110 valence electrons. The Bertz CT molecular complexity index is 614. The van der Waals surface area contributed by atoms with Crippen LogP contribution in [-0.4, -0.2) is 4.92 Å². The third-order valence-electron chi connectivity index (χ3n) is 3.41. The summed E-state index contributed by atoms with van der Waals surface area (Å²) in [6.45, 7) is 2.41. The van der Waals surface area contributed by atoms with Crippen molar-refractivity contribution in [2.45, 2.75) is 25.9 Å². The van der Waals surface area contributed by atoms with Crippen LogP contribution >= 0.6 is 0 Å². The number of halogens is 1. The fourth-order valence-electron chi connectivity index (χ4n) is 2.26. The van der Waals surface area contributed by atoms with Crippen molar-refractivity contribution in [3.05, 3.63) is 75.6 Å². The lowest BCUT2D eigenvalue weighted by Gasteiger charge is -2.17. The van der Waals surface area contributed by atoms with E-state index in [4.69, 9.17) is 0 Å². The quantitative estimate of drug-likeness (QED) is 0.646. The van der Waals surface area contributed by atoms with Gasteiger partial charge in [-0.3, -0.25) is 10.1 Å². The van der Waals surface area contributed by atoms with Gasteiger partial charge in [-0.25, -0.2) is 4.39 Å². The second-order valence-corrected chi connectivity index (χ2v) is 4.78. The van der Waals surface area contributed by atoms with Gasteiger partial charge in [-0.1, -0.05) is 37.3 Å². The molecule has 0 saturated heterocycles. The van der Waals surface area contributed by atoms with Crippen LogP contribution in [0.15, 0.2) is 48.5 Å². The zero-order valence-electron chi connectivity index (χ0n) is 11.8. The molecule has 1 unspecified atom stereocenters. The number of benzene rings is 2. The van der Waals surface area contributed by atoms with Gasteiger partial charge in [-0.05, 0) is 24.1 Å². The van der Waals surface area contributed by atoms with Gasteiger partial charge in [0.15, 0.2) is 0 Å². The van der Waals surface area contributed by atoms with Crippen LogP contribution in [-0.2, 0) is 6.54 Å². The Balaban J connectivity index is 2.10. The van der Waals surface area contributed by atoms with Crippen LogP contribution < -0.4 is 5.32 Å². The number of para-hydroxylation sites is 1. The summed E-state index contributed by atoms with van der Waals surface area (Å²) in [5, 5.41) is 14.3. The van der Waals surface area contributed by atoms with E-state index in [1.54, 1.807) is 30.3 Å². The molecule has 1 atom stereocenters. The summed E-state index contributed by atoms with van der Waals surface area (Å²) in [4.78, 5) is 10.6. The van der Waals surface area contributed by atoms with E-state index in [0.29, 0.717) is 12.1 Å². The highest BCUT2D eigenvalue weighted by atomic mass is 19.1. The molecule has 21 heavy (non-hydrogen) atoms. The molecular weight excluding hydrogens is 271 g/mol. The zero-order chi connectivity index (χ0) is 15.2. The minimum atomic E-state index is -0.379. The molecule has 2 aromatic carbocycles. The maximum absolute atomic E-state index is 13.0. The number of nitro groups is 1. The molecule has 1 N–H and O–H groups in total. The van der Waals surface area contributed by atoms with E-state index in [1.165, 1.54) is 18.2 Å². The zero-order valence-corrected chi connectivity index (χ0v) is 11.8. The van der Waals surface area contributed by atoms with Gasteiger partial charge >= 0.3 is 0 Å². The molecule has 0 radical (unpaired) electrons. The van der Waals surface area contributed by atoms with Crippen LogP contribution in [0.4, 0.5) is 10.1 Å². The van der Waals surface area contributed by atoms with Crippen molar-refractivity contribution in [3.8, 4) is 0 Å². The number of nitrogens with zero attached hydrogens (tertiary/aromatic N) is 1. The third-order valence-corrected chi connectivity index (χ3v) is 3.41. The average Bonchev–Trinajstić information content (AvgIpc) is 2.50. The lowest BCUT2D eigenvalue weighted by atomic mass is 10.0. The van der Waals surface area contributed by atoms with Crippen LogP contribution in [0.2, 0.25) is 0 Å². The molecule has 0 aliphatic heterocycles. The fraction of sp³-hybridized carbons (Fsp3) is 0.250. The Morgan fingerprint density at radius 3 is 2.48 bits per heavy atom. The van der Waals surface area contributed by atoms with Crippen molar-refractivity contribution in [1.29, 1.82) is 0 Å². The predicted molar refractivity (Wildman–Crippen MR) is 79.4 cm³/mol. The van der Waals surface area contributed by atoms with Crippen molar-refractivity contribution in [2.24, 2.45) is 0 Å². The van der Waals surface area contributed by atoms with Gasteiger partial charge in [0.1, 0.15) is 5.82 Å². The van der Waals surface area contributed by atoms with Crippen LogP contribution in [0, 0.1) is 15.9 Å². The summed E-state index contributed by atoms with van der Waals surface area (Å²) >= 11 is 0. The second-order valence-electron chi connectivity index (χ2n) is 4.78. The van der Waals surface area contributed by atoms with Gasteiger partial charge in [-0.2, -0.15) is 0 Å². The number of rotatable bonds is 6. The third kappa shape index (κ3) is 3.86. The van der Waals surface area contributed by atoms with Crippen molar-refractivity contribution in [1.82, 2.24) is 5.32 Å². The monoisotopic (exact) mass is 288 g/mol. The largest absolute Gasteiger partial charge is 0.306 e. The molecule has 0 saturated carbocycles. The van der Waals surface area contributed by atoms with E-state index in [9.17, 15) is 14.5 Å². The number of nitro benzene ring substituents is 1. The summed E-state index contributed by atoms with van der Waals surface area (Å²) in [6, 6.07) is 13.0. The highest BCUT2D eigenvalue weighted by Gasteiger charge is 2.14. The van der Waals surface area contributed by atoms with Gasteiger partial charge in [-0.15, -0.1) is 0 Å². The first-order valence-corrected chi connectivity index (χ1v) is 6.83. The standard InChI is InChI=1S/C16H17FN2O2/c1-2-15(12-7-9-14(17)10-8-12)18-11-13-5-3-4-6-16(13)19(20)21/h3-10,15,18H,2,11H2,1H3. The summed E-state index contributed by atoms with van der Waals surface area (Å²) in [5.74, 6) is -0.271. The maximum Gasteiger partial charge on any atom is 0.273 e. The Morgan fingerprint density at radius 2 is 1.86 bits per heavy atom. The Kier molecular flexibility index (Phi) is 5.00. The van der Waals surface area contributed by atoms with Crippen LogP contribution in [0.25, 0.3) is 0 Å². The van der Waals surface area contributed by atoms with Crippen molar-refractivity contribution < 1.29 is 9.31 Å². The highest BCUT2D eigenvalue weighted by molar-refractivity contribution is 5.39. The van der Waals surface area contributed by atoms with Crippen molar-refractivity contribution >= 4 is 5.69 Å². The van der Waals surface area contributed by atoms with Crippen LogP contribution in [0.5, 0.6) is 0 Å². The SMILES string of the molecule is CCC(NCc1ccccc1[N+](=O)[O-])c1ccc(F)cc1. The van der Waals surface area contributed by atoms with Gasteiger partial charge in [0.25, 0.3) is 5.69 Å². The molecule has 0 amide bonds. The topological polar surface area (TPSA) is 55.2 Å². The van der Waals surface area contributed by atoms with Crippen LogP contribution in [0.3, 0.4) is 0 Å². The molecule has 0 aromatic heterocycles. The van der Waals surface area contributed by atoms with Gasteiger partial charge in [0, 0.05) is 24.2 Å². The Hall–Kier alpha value is -2.27. The number of hydrogen-bond donors (Lipinski definition) is 1. The highest BCUT2D eigenvalue weighted by Crippen LogP contribution is 2.21. The van der Waals surface area contributed by atoms with E-state index in [2.05, 4.69) is 5.32 Å². The van der Waals surface area contributed by atoms with Gasteiger partial charge < -0.3 is 5.32 Å². The molecule has 0 fully saturated rings. The maximum atomic E-state index is 13.0. The van der Waals surface area contributed by atoms with Gasteiger partial charge in [0.05, 0.1) is 4.92 Å². The van der Waals surface area contributed by atoms with Crippen molar-refractivity contribution in [3.63, 3.8) is 0 Å². The number of nitrogens with one attached hydrogen (secondary N) is 1. The molecule has 5 heteroatoms. The number of hydrogen-bond acceptors (Lipinski definition) is 3. The molecule has 2 rings (SSSR count).